The largest absolute Gasteiger partial charge is 0.314 e. The predicted octanol–water partition coefficient (Wildman–Crippen LogP) is 1.87. The summed E-state index contributed by atoms with van der Waals surface area (Å²) in [5, 5.41) is 3.55. The van der Waals surface area contributed by atoms with Crippen LogP contribution in [-0.4, -0.2) is 43.4 Å². The number of aromatic nitrogens is 1. The summed E-state index contributed by atoms with van der Waals surface area (Å²) in [4.78, 5) is 4.21. The second-order valence-corrected chi connectivity index (χ2v) is 7.51. The van der Waals surface area contributed by atoms with E-state index in [1.165, 1.54) is 6.20 Å². The molecule has 1 saturated heterocycles. The predicted molar refractivity (Wildman–Crippen MR) is 83.5 cm³/mol. The molecule has 5 nitrogen and oxygen atoms in total. The van der Waals surface area contributed by atoms with Crippen LogP contribution in [0.2, 0.25) is 0 Å². The van der Waals surface area contributed by atoms with Crippen LogP contribution in [0, 0.1) is 5.92 Å². The van der Waals surface area contributed by atoms with Gasteiger partial charge < -0.3 is 5.32 Å². The minimum Gasteiger partial charge on any atom is -0.314 e. The first-order chi connectivity index (χ1) is 10.1. The molecule has 0 aliphatic carbocycles. The van der Waals surface area contributed by atoms with Gasteiger partial charge >= 0.3 is 0 Å². The van der Waals surface area contributed by atoms with E-state index >= 15 is 0 Å². The number of nitrogens with one attached hydrogen (secondary N) is 1. The summed E-state index contributed by atoms with van der Waals surface area (Å²) in [6.07, 6.45) is 5.98. The molecular weight excluding hydrogens is 286 g/mol. The Morgan fingerprint density at radius 2 is 2.24 bits per heavy atom. The second kappa shape index (κ2) is 7.33. The Hall–Kier alpha value is -0.980. The lowest BCUT2D eigenvalue weighted by atomic mass is 9.91. The molecule has 2 rings (SSSR count). The molecule has 6 heteroatoms. The monoisotopic (exact) mass is 311 g/mol. The number of nitrogens with zero attached hydrogens (tertiary/aromatic N) is 2. The molecule has 2 heterocycles. The molecule has 21 heavy (non-hydrogen) atoms. The fourth-order valence-corrected chi connectivity index (χ4v) is 4.35. The lowest BCUT2D eigenvalue weighted by molar-refractivity contribution is 0.202. The number of piperidine rings is 1. The van der Waals surface area contributed by atoms with Crippen molar-refractivity contribution in [3.63, 3.8) is 0 Å². The number of hydrogen-bond donors (Lipinski definition) is 1. The fourth-order valence-electron chi connectivity index (χ4n) is 2.88. The summed E-state index contributed by atoms with van der Waals surface area (Å²) in [5.41, 5.74) is 0. The van der Waals surface area contributed by atoms with Crippen LogP contribution >= 0.6 is 0 Å². The first-order valence-corrected chi connectivity index (χ1v) is 9.17. The molecule has 1 aliphatic heterocycles. The smallest absolute Gasteiger partial charge is 0.244 e. The van der Waals surface area contributed by atoms with Gasteiger partial charge in [0.05, 0.1) is 0 Å². The highest BCUT2D eigenvalue weighted by Crippen LogP contribution is 2.25. The van der Waals surface area contributed by atoms with Crippen LogP contribution < -0.4 is 5.32 Å². The van der Waals surface area contributed by atoms with Crippen LogP contribution in [-0.2, 0) is 10.0 Å². The van der Waals surface area contributed by atoms with E-state index in [2.05, 4.69) is 24.1 Å². The van der Waals surface area contributed by atoms with Gasteiger partial charge in [-0.3, -0.25) is 4.98 Å². The van der Waals surface area contributed by atoms with Gasteiger partial charge in [-0.25, -0.2) is 8.42 Å². The summed E-state index contributed by atoms with van der Waals surface area (Å²) < 4.78 is 26.9. The minimum absolute atomic E-state index is 0.292. The van der Waals surface area contributed by atoms with Gasteiger partial charge in [-0.1, -0.05) is 20.3 Å². The lowest BCUT2D eigenvalue weighted by Crippen LogP contribution is -2.50. The highest BCUT2D eigenvalue weighted by molar-refractivity contribution is 7.89. The highest BCUT2D eigenvalue weighted by Gasteiger charge is 2.34. The Labute approximate surface area is 127 Å². The Morgan fingerprint density at radius 1 is 1.43 bits per heavy atom. The summed E-state index contributed by atoms with van der Waals surface area (Å²) in [7, 11) is -3.41. The van der Waals surface area contributed by atoms with Crippen molar-refractivity contribution < 1.29 is 8.42 Å². The number of rotatable bonds is 6. The van der Waals surface area contributed by atoms with Crippen molar-refractivity contribution in [3.8, 4) is 0 Å². The van der Waals surface area contributed by atoms with Gasteiger partial charge in [-0.05, 0) is 37.4 Å². The zero-order valence-corrected chi connectivity index (χ0v) is 13.6. The molecule has 2 unspecified atom stereocenters. The van der Waals surface area contributed by atoms with Crippen molar-refractivity contribution in [3.05, 3.63) is 24.5 Å². The van der Waals surface area contributed by atoms with Gasteiger partial charge in [0.2, 0.25) is 10.0 Å². The van der Waals surface area contributed by atoms with E-state index in [0.29, 0.717) is 29.9 Å². The minimum atomic E-state index is -3.41. The molecule has 1 aromatic rings. The van der Waals surface area contributed by atoms with Crippen molar-refractivity contribution in [1.29, 1.82) is 0 Å². The first-order valence-electron chi connectivity index (χ1n) is 7.73. The average Bonchev–Trinajstić information content (AvgIpc) is 2.53. The number of pyridine rings is 1. The van der Waals surface area contributed by atoms with Crippen LogP contribution in [0.15, 0.2) is 29.4 Å². The molecule has 0 bridgehead atoms. The Bertz CT molecular complexity index is 533. The third kappa shape index (κ3) is 3.81. The Morgan fingerprint density at radius 3 is 2.86 bits per heavy atom. The maximum atomic E-state index is 12.6. The number of sulfonamides is 1. The molecule has 0 spiro atoms. The van der Waals surface area contributed by atoms with E-state index in [1.807, 2.05) is 0 Å². The highest BCUT2D eigenvalue weighted by atomic mass is 32.2. The Balaban J connectivity index is 2.10. The zero-order chi connectivity index (χ0) is 15.3. The van der Waals surface area contributed by atoms with E-state index in [1.54, 1.807) is 22.6 Å². The van der Waals surface area contributed by atoms with Gasteiger partial charge in [0.15, 0.2) is 0 Å². The summed E-state index contributed by atoms with van der Waals surface area (Å²) in [6.45, 7) is 6.45. The van der Waals surface area contributed by atoms with Crippen molar-refractivity contribution in [1.82, 2.24) is 14.6 Å². The summed E-state index contributed by atoms with van der Waals surface area (Å²) >= 11 is 0. The van der Waals surface area contributed by atoms with E-state index < -0.39 is 10.0 Å². The SMILES string of the molecule is CCCNC1CCN(S(=O)(=O)c2cccnc2)CC1CC. The molecular formula is C15H25N3O2S. The molecule has 1 N–H and O–H groups in total. The normalized spacial score (nSPS) is 24.1. The van der Waals surface area contributed by atoms with Crippen molar-refractivity contribution in [2.75, 3.05) is 19.6 Å². The van der Waals surface area contributed by atoms with Gasteiger partial charge in [0, 0.05) is 31.5 Å². The summed E-state index contributed by atoms with van der Waals surface area (Å²) in [6, 6.07) is 3.71. The van der Waals surface area contributed by atoms with Crippen molar-refractivity contribution in [2.45, 2.75) is 44.0 Å². The molecule has 1 fully saturated rings. The maximum Gasteiger partial charge on any atom is 0.244 e. The van der Waals surface area contributed by atoms with Crippen molar-refractivity contribution in [2.24, 2.45) is 5.92 Å². The van der Waals surface area contributed by atoms with Crippen LogP contribution in [0.4, 0.5) is 0 Å². The number of hydrogen-bond acceptors (Lipinski definition) is 4. The molecule has 118 valence electrons. The fraction of sp³-hybridized carbons (Fsp3) is 0.667. The van der Waals surface area contributed by atoms with Gasteiger partial charge in [-0.15, -0.1) is 0 Å². The van der Waals surface area contributed by atoms with E-state index in [-0.39, 0.29) is 0 Å². The van der Waals surface area contributed by atoms with Gasteiger partial charge in [-0.2, -0.15) is 4.31 Å². The lowest BCUT2D eigenvalue weighted by Gasteiger charge is -2.38. The quantitative estimate of drug-likeness (QED) is 0.871. The zero-order valence-electron chi connectivity index (χ0n) is 12.8. The second-order valence-electron chi connectivity index (χ2n) is 5.57. The Kier molecular flexibility index (Phi) is 5.72. The molecule has 1 aliphatic rings. The first kappa shape index (κ1) is 16.4. The molecule has 0 radical (unpaired) electrons. The summed E-state index contributed by atoms with van der Waals surface area (Å²) in [5.74, 6) is 0.372. The third-order valence-corrected chi connectivity index (χ3v) is 6.00. The molecule has 1 aromatic heterocycles. The van der Waals surface area contributed by atoms with E-state index in [0.717, 1.165) is 25.8 Å². The topological polar surface area (TPSA) is 62.3 Å². The van der Waals surface area contributed by atoms with Gasteiger partial charge in [0.1, 0.15) is 4.90 Å². The van der Waals surface area contributed by atoms with Crippen molar-refractivity contribution >= 4 is 10.0 Å². The molecule has 2 atom stereocenters. The third-order valence-electron chi connectivity index (χ3n) is 4.15. The van der Waals surface area contributed by atoms with Gasteiger partial charge in [0.25, 0.3) is 0 Å². The van der Waals surface area contributed by atoms with E-state index in [9.17, 15) is 8.42 Å². The van der Waals surface area contributed by atoms with Crippen LogP contribution in [0.3, 0.4) is 0 Å². The average molecular weight is 311 g/mol. The molecule has 0 aromatic carbocycles. The molecule has 0 saturated carbocycles. The maximum absolute atomic E-state index is 12.6. The van der Waals surface area contributed by atoms with Crippen LogP contribution in [0.1, 0.15) is 33.1 Å². The molecule has 0 amide bonds. The van der Waals surface area contributed by atoms with Crippen LogP contribution in [0.25, 0.3) is 0 Å². The standard InChI is InChI=1S/C15H25N3O2S/c1-3-8-17-15-7-10-18(12-13(15)4-2)21(19,20)14-6-5-9-16-11-14/h5-6,9,11,13,15,17H,3-4,7-8,10,12H2,1-2H3. The van der Waals surface area contributed by atoms with E-state index in [4.69, 9.17) is 0 Å². The van der Waals surface area contributed by atoms with Crippen LogP contribution in [0.5, 0.6) is 0 Å².